The highest BCUT2D eigenvalue weighted by Crippen LogP contribution is 2.65. The molecular formula is C19H18B6N2O2. The predicted octanol–water partition coefficient (Wildman–Crippen LogP) is -0.276. The second-order valence-corrected chi connectivity index (χ2v) is 8.83. The fourth-order valence-electron chi connectivity index (χ4n) is 4.93. The van der Waals surface area contributed by atoms with Gasteiger partial charge in [-0.15, -0.1) is 15.6 Å². The first-order chi connectivity index (χ1) is 13.4. The van der Waals surface area contributed by atoms with Crippen LogP contribution in [0.5, 0.6) is 0 Å². The summed E-state index contributed by atoms with van der Waals surface area (Å²) in [7, 11) is 36.5. The van der Waals surface area contributed by atoms with Gasteiger partial charge in [0.2, 0.25) is 11.8 Å². The van der Waals surface area contributed by atoms with Gasteiger partial charge in [0, 0.05) is 19.0 Å². The highest BCUT2D eigenvalue weighted by molar-refractivity contribution is 6.61. The Labute approximate surface area is 180 Å². The maximum absolute atomic E-state index is 13.3. The Morgan fingerprint density at radius 1 is 1.00 bits per heavy atom. The van der Waals surface area contributed by atoms with Crippen LogP contribution in [0.15, 0.2) is 24.3 Å². The summed E-state index contributed by atoms with van der Waals surface area (Å²) in [6.07, 6.45) is 0.880. The Balaban J connectivity index is 1.58. The third-order valence-electron chi connectivity index (χ3n) is 6.82. The van der Waals surface area contributed by atoms with Gasteiger partial charge in [0.05, 0.1) is 59.7 Å². The molecule has 1 saturated heterocycles. The van der Waals surface area contributed by atoms with Crippen LogP contribution in [0.2, 0.25) is 15.6 Å². The quantitative estimate of drug-likeness (QED) is 0.638. The zero-order chi connectivity index (χ0) is 21.2. The number of nitrogens with zero attached hydrogens (tertiary/aromatic N) is 2. The Kier molecular flexibility index (Phi) is 4.87. The smallest absolute Gasteiger partial charge is 0.242 e. The molecule has 1 aromatic rings. The average Bonchev–Trinajstić information content (AvgIpc) is 2.65. The Morgan fingerprint density at radius 2 is 1.62 bits per heavy atom. The summed E-state index contributed by atoms with van der Waals surface area (Å²) >= 11 is 0. The van der Waals surface area contributed by atoms with Gasteiger partial charge in [-0.1, -0.05) is 37.1 Å². The van der Waals surface area contributed by atoms with Crippen LogP contribution in [0.3, 0.4) is 0 Å². The highest BCUT2D eigenvalue weighted by atomic mass is 16.2. The van der Waals surface area contributed by atoms with Gasteiger partial charge in [0.15, 0.2) is 0 Å². The monoisotopic (exact) mass is 372 g/mol. The van der Waals surface area contributed by atoms with E-state index in [1.807, 2.05) is 23.1 Å². The molecule has 2 fully saturated rings. The summed E-state index contributed by atoms with van der Waals surface area (Å²) in [6, 6.07) is 7.85. The number of hydrogen-bond acceptors (Lipinski definition) is 2. The standard InChI is InChI=1S/C19H18B6N2O2/c20-17(21)7-12(8-18(22,23)19(17,24)25)16(29)26-9-14-13-4-2-1-3-11(13)5-6-27(14)15(28)10-26/h1-4,12,14H,5-10H2. The van der Waals surface area contributed by atoms with Gasteiger partial charge in [-0.25, -0.2) is 0 Å². The minimum atomic E-state index is -1.74. The van der Waals surface area contributed by atoms with E-state index in [4.69, 9.17) is 47.1 Å². The third-order valence-corrected chi connectivity index (χ3v) is 6.82. The minimum Gasteiger partial charge on any atom is -0.332 e. The number of hydrogen-bond donors (Lipinski definition) is 0. The van der Waals surface area contributed by atoms with Crippen molar-refractivity contribution in [3.63, 3.8) is 0 Å². The third kappa shape index (κ3) is 3.21. The molecule has 12 radical (unpaired) electrons. The summed E-state index contributed by atoms with van der Waals surface area (Å²) in [5, 5.41) is -5.00. The van der Waals surface area contributed by atoms with E-state index in [9.17, 15) is 9.59 Å². The molecule has 1 aliphatic carbocycles. The number of benzene rings is 1. The van der Waals surface area contributed by atoms with Crippen molar-refractivity contribution in [3.05, 3.63) is 35.4 Å². The molecule has 1 unspecified atom stereocenters. The van der Waals surface area contributed by atoms with Crippen molar-refractivity contribution >= 4 is 58.9 Å². The van der Waals surface area contributed by atoms with Gasteiger partial charge in [-0.2, -0.15) is 0 Å². The lowest BCUT2D eigenvalue weighted by molar-refractivity contribution is -0.152. The van der Waals surface area contributed by atoms with Crippen molar-refractivity contribution < 1.29 is 9.59 Å². The number of amides is 2. The summed E-state index contributed by atoms with van der Waals surface area (Å²) in [6.45, 7) is 1.06. The topological polar surface area (TPSA) is 40.6 Å². The van der Waals surface area contributed by atoms with Crippen molar-refractivity contribution in [1.82, 2.24) is 9.80 Å². The number of carbonyl (C=O) groups is 2. The predicted molar refractivity (Wildman–Crippen MR) is 117 cm³/mol. The fourth-order valence-corrected chi connectivity index (χ4v) is 4.93. The van der Waals surface area contributed by atoms with Crippen molar-refractivity contribution in [2.75, 3.05) is 19.6 Å². The Morgan fingerprint density at radius 3 is 2.28 bits per heavy atom. The number of fused-ring (bicyclic) bond motifs is 3. The molecule has 2 amide bonds. The van der Waals surface area contributed by atoms with E-state index in [0.717, 1.165) is 12.0 Å². The van der Waals surface area contributed by atoms with Crippen LogP contribution in [0.4, 0.5) is 0 Å². The molecular weight excluding hydrogens is 353 g/mol. The zero-order valence-corrected chi connectivity index (χ0v) is 16.4. The molecule has 0 aromatic heterocycles. The van der Waals surface area contributed by atoms with E-state index in [2.05, 4.69) is 6.07 Å². The molecule has 1 aromatic carbocycles. The molecule has 0 N–H and O–H groups in total. The average molecular weight is 371 g/mol. The lowest BCUT2D eigenvalue weighted by Gasteiger charge is -2.62. The number of piperazine rings is 1. The lowest BCUT2D eigenvalue weighted by Crippen LogP contribution is -2.58. The van der Waals surface area contributed by atoms with Gasteiger partial charge in [-0.05, 0) is 17.5 Å². The largest absolute Gasteiger partial charge is 0.332 e. The van der Waals surface area contributed by atoms with E-state index in [-0.39, 0.29) is 37.2 Å². The number of carbonyl (C=O) groups excluding carboxylic acids is 2. The first-order valence-electron chi connectivity index (χ1n) is 9.84. The van der Waals surface area contributed by atoms with Crippen LogP contribution in [0, 0.1) is 5.92 Å². The first kappa shape index (κ1) is 20.8. The summed E-state index contributed by atoms with van der Waals surface area (Å²) < 4.78 is 0. The van der Waals surface area contributed by atoms with Crippen LogP contribution < -0.4 is 0 Å². The van der Waals surface area contributed by atoms with Gasteiger partial charge in [0.1, 0.15) is 0 Å². The van der Waals surface area contributed by atoms with Crippen LogP contribution >= 0.6 is 0 Å². The molecule has 4 nitrogen and oxygen atoms in total. The maximum Gasteiger partial charge on any atom is 0.242 e. The summed E-state index contributed by atoms with van der Waals surface area (Å²) in [5.74, 6) is -0.999. The second kappa shape index (κ2) is 6.78. The van der Waals surface area contributed by atoms with Crippen LogP contribution in [0.1, 0.15) is 30.0 Å². The molecule has 0 bridgehead atoms. The SMILES string of the molecule is [B]C1([B])CC(C(=O)N2CC(=O)N3CCc4ccccc4C3C2)CC([B])([B])C1([B])[B]. The van der Waals surface area contributed by atoms with Gasteiger partial charge in [-0.3, -0.25) is 9.59 Å². The van der Waals surface area contributed by atoms with Crippen molar-refractivity contribution in [2.45, 2.75) is 40.9 Å². The second-order valence-electron chi connectivity index (χ2n) is 8.83. The lowest BCUT2D eigenvalue weighted by atomic mass is 9.14. The summed E-state index contributed by atoms with van der Waals surface area (Å²) in [4.78, 5) is 29.5. The normalized spacial score (nSPS) is 27.7. The molecule has 2 heterocycles. The molecule has 0 spiro atoms. The van der Waals surface area contributed by atoms with E-state index in [0.29, 0.717) is 13.1 Å². The molecule has 29 heavy (non-hydrogen) atoms. The van der Waals surface area contributed by atoms with Crippen LogP contribution in [0.25, 0.3) is 0 Å². The molecule has 1 saturated carbocycles. The van der Waals surface area contributed by atoms with E-state index >= 15 is 0 Å². The van der Waals surface area contributed by atoms with E-state index in [1.54, 1.807) is 4.90 Å². The molecule has 134 valence electrons. The Hall–Kier alpha value is -1.45. The first-order valence-corrected chi connectivity index (χ1v) is 9.84. The molecule has 4 rings (SSSR count). The van der Waals surface area contributed by atoms with Crippen LogP contribution in [-0.2, 0) is 16.0 Å². The minimum absolute atomic E-state index is 0.00861. The van der Waals surface area contributed by atoms with E-state index in [1.165, 1.54) is 5.56 Å². The highest BCUT2D eigenvalue weighted by Gasteiger charge is 2.52. The fraction of sp³-hybridized carbons (Fsp3) is 0.579. The zero-order valence-electron chi connectivity index (χ0n) is 16.4. The van der Waals surface area contributed by atoms with Gasteiger partial charge in [0.25, 0.3) is 0 Å². The molecule has 1 atom stereocenters. The Bertz CT molecular complexity index is 839. The van der Waals surface area contributed by atoms with Crippen molar-refractivity contribution in [2.24, 2.45) is 5.92 Å². The van der Waals surface area contributed by atoms with Gasteiger partial charge >= 0.3 is 0 Å². The molecule has 3 aliphatic rings. The van der Waals surface area contributed by atoms with E-state index < -0.39 is 21.6 Å². The molecule has 10 heteroatoms. The van der Waals surface area contributed by atoms with Crippen molar-refractivity contribution in [3.8, 4) is 0 Å². The van der Waals surface area contributed by atoms with Gasteiger partial charge < -0.3 is 9.80 Å². The number of rotatable bonds is 1. The molecule has 2 aliphatic heterocycles. The maximum atomic E-state index is 13.3. The summed E-state index contributed by atoms with van der Waals surface area (Å²) in [5.41, 5.74) is 2.28. The van der Waals surface area contributed by atoms with Crippen molar-refractivity contribution in [1.29, 1.82) is 0 Å². The van der Waals surface area contributed by atoms with Crippen LogP contribution in [-0.4, -0.2) is 88.3 Å².